The number of ether oxygens (including phenoxy) is 1. The zero-order valence-corrected chi connectivity index (χ0v) is 18.0. The number of nitrogens with one attached hydrogen (secondary N) is 2. The highest BCUT2D eigenvalue weighted by molar-refractivity contribution is 6.00. The standard InChI is InChI=1S/C23H26N4O2.ClH/c1-16-6-8-19(9-7-16)27-15-21(23(28)25-18-10-12-24-13-11-18)22(26-27)17-4-3-5-20(14-17)29-2;/h3-9,14-15,18,24H,10-13H2,1-2H3,(H,25,28);1H. The van der Waals surface area contributed by atoms with E-state index in [4.69, 9.17) is 9.84 Å². The quantitative estimate of drug-likeness (QED) is 0.651. The zero-order valence-electron chi connectivity index (χ0n) is 17.2. The summed E-state index contributed by atoms with van der Waals surface area (Å²) < 4.78 is 7.13. The Morgan fingerprint density at radius 2 is 1.90 bits per heavy atom. The van der Waals surface area contributed by atoms with Gasteiger partial charge in [-0.05, 0) is 57.1 Å². The maximum Gasteiger partial charge on any atom is 0.255 e. The molecule has 6 nitrogen and oxygen atoms in total. The predicted octanol–water partition coefficient (Wildman–Crippen LogP) is 3.76. The van der Waals surface area contributed by atoms with Gasteiger partial charge in [0.15, 0.2) is 0 Å². The summed E-state index contributed by atoms with van der Waals surface area (Å²) in [5, 5.41) is 11.3. The molecule has 30 heavy (non-hydrogen) atoms. The second kappa shape index (κ2) is 9.78. The number of halogens is 1. The van der Waals surface area contributed by atoms with Gasteiger partial charge >= 0.3 is 0 Å². The van der Waals surface area contributed by atoms with E-state index in [0.29, 0.717) is 11.3 Å². The van der Waals surface area contributed by atoms with Crippen molar-refractivity contribution in [2.45, 2.75) is 25.8 Å². The van der Waals surface area contributed by atoms with Crippen LogP contribution in [0.1, 0.15) is 28.8 Å². The van der Waals surface area contributed by atoms with Gasteiger partial charge in [-0.25, -0.2) is 4.68 Å². The lowest BCUT2D eigenvalue weighted by Gasteiger charge is -2.23. The van der Waals surface area contributed by atoms with Gasteiger partial charge in [-0.1, -0.05) is 29.8 Å². The van der Waals surface area contributed by atoms with Gasteiger partial charge in [-0.2, -0.15) is 5.10 Å². The fraction of sp³-hybridized carbons (Fsp3) is 0.304. The fourth-order valence-corrected chi connectivity index (χ4v) is 3.58. The van der Waals surface area contributed by atoms with Crippen LogP contribution in [0.3, 0.4) is 0 Å². The van der Waals surface area contributed by atoms with Gasteiger partial charge in [-0.15, -0.1) is 12.4 Å². The molecular formula is C23H27ClN4O2. The zero-order chi connectivity index (χ0) is 20.2. The summed E-state index contributed by atoms with van der Waals surface area (Å²) in [5.74, 6) is 0.644. The number of carbonyl (C=O) groups is 1. The molecule has 1 saturated heterocycles. The number of methoxy groups -OCH3 is 1. The van der Waals surface area contributed by atoms with Gasteiger partial charge < -0.3 is 15.4 Å². The monoisotopic (exact) mass is 426 g/mol. The third-order valence-corrected chi connectivity index (χ3v) is 5.27. The van der Waals surface area contributed by atoms with Gasteiger partial charge in [0, 0.05) is 17.8 Å². The third-order valence-electron chi connectivity index (χ3n) is 5.27. The molecule has 7 heteroatoms. The molecule has 0 atom stereocenters. The molecule has 158 valence electrons. The summed E-state index contributed by atoms with van der Waals surface area (Å²) in [6.45, 7) is 3.90. The topological polar surface area (TPSA) is 68.2 Å². The molecule has 0 spiro atoms. The molecule has 0 radical (unpaired) electrons. The van der Waals surface area contributed by atoms with Crippen molar-refractivity contribution in [3.8, 4) is 22.7 Å². The Bertz CT molecular complexity index is 995. The molecule has 0 aliphatic carbocycles. The normalized spacial score (nSPS) is 14.1. The van der Waals surface area contributed by atoms with E-state index < -0.39 is 0 Å². The minimum atomic E-state index is -0.0897. The highest BCUT2D eigenvalue weighted by Gasteiger charge is 2.22. The molecule has 3 aromatic rings. The number of amides is 1. The van der Waals surface area contributed by atoms with Crippen molar-refractivity contribution in [1.82, 2.24) is 20.4 Å². The average Bonchev–Trinajstić information content (AvgIpc) is 3.21. The van der Waals surface area contributed by atoms with E-state index in [0.717, 1.165) is 42.9 Å². The molecule has 0 bridgehead atoms. The van der Waals surface area contributed by atoms with E-state index in [2.05, 4.69) is 10.6 Å². The van der Waals surface area contributed by atoms with Crippen LogP contribution in [0, 0.1) is 6.92 Å². The lowest BCUT2D eigenvalue weighted by molar-refractivity contribution is 0.0930. The molecule has 1 amide bonds. The molecule has 2 heterocycles. The Morgan fingerprint density at radius 1 is 1.17 bits per heavy atom. The van der Waals surface area contributed by atoms with Gasteiger partial charge in [-0.3, -0.25) is 4.79 Å². The summed E-state index contributed by atoms with van der Waals surface area (Å²) in [7, 11) is 1.63. The number of rotatable bonds is 5. The first kappa shape index (κ1) is 21.9. The van der Waals surface area contributed by atoms with Crippen LogP contribution >= 0.6 is 12.4 Å². The molecule has 2 aromatic carbocycles. The van der Waals surface area contributed by atoms with E-state index in [1.54, 1.807) is 11.8 Å². The number of nitrogens with zero attached hydrogens (tertiary/aromatic N) is 2. The van der Waals surface area contributed by atoms with Crippen LogP contribution < -0.4 is 15.4 Å². The van der Waals surface area contributed by atoms with E-state index >= 15 is 0 Å². The van der Waals surface area contributed by atoms with Crippen molar-refractivity contribution in [3.05, 3.63) is 65.9 Å². The SMILES string of the molecule is COc1cccc(-c2nn(-c3ccc(C)cc3)cc2C(=O)NC2CCNCC2)c1.Cl. The number of benzene rings is 2. The first-order valence-corrected chi connectivity index (χ1v) is 9.97. The molecule has 1 aliphatic rings. The molecule has 1 aromatic heterocycles. The van der Waals surface area contributed by atoms with Crippen molar-refractivity contribution in [3.63, 3.8) is 0 Å². The van der Waals surface area contributed by atoms with Crippen molar-refractivity contribution in [2.75, 3.05) is 20.2 Å². The maximum atomic E-state index is 13.1. The van der Waals surface area contributed by atoms with Crippen molar-refractivity contribution < 1.29 is 9.53 Å². The molecule has 0 saturated carbocycles. The summed E-state index contributed by atoms with van der Waals surface area (Å²) in [6.07, 6.45) is 3.69. The van der Waals surface area contributed by atoms with Crippen molar-refractivity contribution in [2.24, 2.45) is 0 Å². The molecule has 1 aliphatic heterocycles. The molecular weight excluding hydrogens is 400 g/mol. The maximum absolute atomic E-state index is 13.1. The second-order valence-electron chi connectivity index (χ2n) is 7.40. The highest BCUT2D eigenvalue weighted by atomic mass is 35.5. The van der Waals surface area contributed by atoms with E-state index in [-0.39, 0.29) is 24.4 Å². The van der Waals surface area contributed by atoms with E-state index in [1.807, 2.05) is 61.7 Å². The van der Waals surface area contributed by atoms with Gasteiger partial charge in [0.2, 0.25) is 0 Å². The van der Waals surface area contributed by atoms with Crippen LogP contribution in [0.5, 0.6) is 5.75 Å². The summed E-state index contributed by atoms with van der Waals surface area (Å²) in [6, 6.07) is 15.9. The number of aromatic nitrogens is 2. The Kier molecular flexibility index (Phi) is 7.13. The summed E-state index contributed by atoms with van der Waals surface area (Å²) >= 11 is 0. The minimum absolute atomic E-state index is 0. The lowest BCUT2D eigenvalue weighted by atomic mass is 10.0. The molecule has 2 N–H and O–H groups in total. The van der Waals surface area contributed by atoms with Crippen LogP contribution in [0.2, 0.25) is 0 Å². The lowest BCUT2D eigenvalue weighted by Crippen LogP contribution is -2.42. The first-order chi connectivity index (χ1) is 14.1. The Morgan fingerprint density at radius 3 is 2.60 bits per heavy atom. The van der Waals surface area contributed by atoms with E-state index in [1.165, 1.54) is 5.56 Å². The Balaban J connectivity index is 0.00000256. The number of hydrogen-bond donors (Lipinski definition) is 2. The number of aryl methyl sites for hydroxylation is 1. The van der Waals surface area contributed by atoms with Gasteiger partial charge in [0.1, 0.15) is 11.4 Å². The van der Waals surface area contributed by atoms with Gasteiger partial charge in [0.25, 0.3) is 5.91 Å². The first-order valence-electron chi connectivity index (χ1n) is 9.97. The largest absolute Gasteiger partial charge is 0.497 e. The van der Waals surface area contributed by atoms with Crippen molar-refractivity contribution in [1.29, 1.82) is 0 Å². The van der Waals surface area contributed by atoms with Crippen LogP contribution in [-0.4, -0.2) is 41.9 Å². The van der Waals surface area contributed by atoms with Crippen LogP contribution in [0.4, 0.5) is 0 Å². The number of piperidine rings is 1. The van der Waals surface area contributed by atoms with Crippen molar-refractivity contribution >= 4 is 18.3 Å². The van der Waals surface area contributed by atoms with E-state index in [9.17, 15) is 4.79 Å². The highest BCUT2D eigenvalue weighted by Crippen LogP contribution is 2.27. The Hall–Kier alpha value is -2.83. The number of hydrogen-bond acceptors (Lipinski definition) is 4. The van der Waals surface area contributed by atoms with Crippen LogP contribution in [-0.2, 0) is 0 Å². The third kappa shape index (κ3) is 4.83. The predicted molar refractivity (Wildman–Crippen MR) is 121 cm³/mol. The molecule has 1 fully saturated rings. The Labute approximate surface area is 183 Å². The summed E-state index contributed by atoms with van der Waals surface area (Å²) in [5.41, 5.74) is 4.16. The number of carbonyl (C=O) groups excluding carboxylic acids is 1. The molecule has 4 rings (SSSR count). The summed E-state index contributed by atoms with van der Waals surface area (Å²) in [4.78, 5) is 13.1. The smallest absolute Gasteiger partial charge is 0.255 e. The second-order valence-corrected chi connectivity index (χ2v) is 7.40. The van der Waals surface area contributed by atoms with Crippen LogP contribution in [0.25, 0.3) is 16.9 Å². The van der Waals surface area contributed by atoms with Gasteiger partial charge in [0.05, 0.1) is 18.4 Å². The minimum Gasteiger partial charge on any atom is -0.497 e. The van der Waals surface area contributed by atoms with Crippen LogP contribution in [0.15, 0.2) is 54.7 Å². The fourth-order valence-electron chi connectivity index (χ4n) is 3.58. The average molecular weight is 427 g/mol. The molecule has 0 unspecified atom stereocenters.